The van der Waals surface area contributed by atoms with Crippen molar-refractivity contribution in [2.24, 2.45) is 4.99 Å². The van der Waals surface area contributed by atoms with Gasteiger partial charge in [0.25, 0.3) is 11.8 Å². The second-order valence-electron chi connectivity index (χ2n) is 7.26. The highest BCUT2D eigenvalue weighted by molar-refractivity contribution is 14.0. The van der Waals surface area contributed by atoms with E-state index in [0.717, 1.165) is 24.0 Å². The minimum absolute atomic E-state index is 0. The second kappa shape index (κ2) is 11.8. The average Bonchev–Trinajstić information content (AvgIpc) is 2.98. The molecule has 2 aromatic rings. The van der Waals surface area contributed by atoms with Crippen LogP contribution in [0.3, 0.4) is 0 Å². The predicted octanol–water partition coefficient (Wildman–Crippen LogP) is 3.54. The minimum atomic E-state index is -0.220. The number of imide groups is 1. The zero-order chi connectivity index (χ0) is 21.5. The lowest BCUT2D eigenvalue weighted by Crippen LogP contribution is -2.39. The molecule has 31 heavy (non-hydrogen) atoms. The SMILES string of the molecule is CN=C(NCCCCN1C(=O)c2ccccc2C1=O)NCCc1ccc(F)cc1C.I. The molecular formula is C23H28FIN4O2. The van der Waals surface area contributed by atoms with Crippen molar-refractivity contribution < 1.29 is 14.0 Å². The Morgan fingerprint density at radius 2 is 1.65 bits per heavy atom. The zero-order valence-corrected chi connectivity index (χ0v) is 20.1. The normalized spacial score (nSPS) is 13.1. The van der Waals surface area contributed by atoms with Gasteiger partial charge in [-0.3, -0.25) is 19.5 Å². The number of amides is 2. The third-order valence-electron chi connectivity index (χ3n) is 5.19. The summed E-state index contributed by atoms with van der Waals surface area (Å²) in [6.45, 7) is 3.67. The smallest absolute Gasteiger partial charge is 0.261 e. The molecule has 8 heteroatoms. The topological polar surface area (TPSA) is 73.8 Å². The maximum atomic E-state index is 13.2. The van der Waals surface area contributed by atoms with Gasteiger partial charge in [0.1, 0.15) is 5.82 Å². The maximum absolute atomic E-state index is 13.2. The fraction of sp³-hybridized carbons (Fsp3) is 0.348. The largest absolute Gasteiger partial charge is 0.356 e. The van der Waals surface area contributed by atoms with Gasteiger partial charge in [-0.2, -0.15) is 0 Å². The Bertz CT molecular complexity index is 929. The number of benzene rings is 2. The van der Waals surface area contributed by atoms with Crippen LogP contribution in [0.1, 0.15) is 44.7 Å². The van der Waals surface area contributed by atoms with Gasteiger partial charge in [0.05, 0.1) is 11.1 Å². The monoisotopic (exact) mass is 538 g/mol. The summed E-state index contributed by atoms with van der Waals surface area (Å²) in [4.78, 5) is 30.2. The van der Waals surface area contributed by atoms with Crippen LogP contribution in [0.5, 0.6) is 0 Å². The van der Waals surface area contributed by atoms with Gasteiger partial charge in [-0.05, 0) is 61.6 Å². The number of hydrogen-bond acceptors (Lipinski definition) is 3. The van der Waals surface area contributed by atoms with Crippen LogP contribution in [0.2, 0.25) is 0 Å². The van der Waals surface area contributed by atoms with Crippen LogP contribution in [-0.4, -0.2) is 49.4 Å². The summed E-state index contributed by atoms with van der Waals surface area (Å²) in [6, 6.07) is 11.8. The van der Waals surface area contributed by atoms with Gasteiger partial charge in [0.2, 0.25) is 0 Å². The fourth-order valence-electron chi connectivity index (χ4n) is 3.52. The summed E-state index contributed by atoms with van der Waals surface area (Å²) in [6.07, 6.45) is 2.28. The van der Waals surface area contributed by atoms with Crippen LogP contribution in [0.25, 0.3) is 0 Å². The lowest BCUT2D eigenvalue weighted by Gasteiger charge is -2.15. The number of rotatable bonds is 8. The molecule has 166 valence electrons. The summed E-state index contributed by atoms with van der Waals surface area (Å²) in [7, 11) is 1.71. The third kappa shape index (κ3) is 6.25. The highest BCUT2D eigenvalue weighted by Gasteiger charge is 2.34. The Kier molecular flexibility index (Phi) is 9.42. The second-order valence-corrected chi connectivity index (χ2v) is 7.26. The van der Waals surface area contributed by atoms with Gasteiger partial charge in [0.15, 0.2) is 5.96 Å². The Hall–Kier alpha value is -2.49. The standard InChI is InChI=1S/C23H27FN4O2.HI/c1-16-15-18(24)10-9-17(16)11-13-27-23(25-2)26-12-5-6-14-28-21(29)19-7-3-4-8-20(19)22(28)30;/h3-4,7-10,15H,5-6,11-14H2,1-2H3,(H2,25,26,27);1H. The van der Waals surface area contributed by atoms with Crippen LogP contribution in [0.4, 0.5) is 4.39 Å². The van der Waals surface area contributed by atoms with E-state index >= 15 is 0 Å². The highest BCUT2D eigenvalue weighted by atomic mass is 127. The first-order chi connectivity index (χ1) is 14.5. The number of guanidine groups is 1. The van der Waals surface area contributed by atoms with Gasteiger partial charge < -0.3 is 10.6 Å². The van der Waals surface area contributed by atoms with Gasteiger partial charge in [0, 0.05) is 26.7 Å². The van der Waals surface area contributed by atoms with Crippen LogP contribution in [0, 0.1) is 12.7 Å². The molecule has 2 amide bonds. The molecule has 0 unspecified atom stereocenters. The number of halogens is 2. The Morgan fingerprint density at radius 3 is 2.26 bits per heavy atom. The number of carbonyl (C=O) groups is 2. The van der Waals surface area contributed by atoms with Crippen LogP contribution < -0.4 is 10.6 Å². The van der Waals surface area contributed by atoms with E-state index in [2.05, 4.69) is 15.6 Å². The van der Waals surface area contributed by atoms with E-state index < -0.39 is 0 Å². The quantitative estimate of drug-likeness (QED) is 0.177. The first kappa shape index (κ1) is 24.8. The third-order valence-corrected chi connectivity index (χ3v) is 5.19. The van der Waals surface area contributed by atoms with Crippen molar-refractivity contribution in [2.75, 3.05) is 26.7 Å². The molecule has 0 bridgehead atoms. The molecule has 2 aromatic carbocycles. The van der Waals surface area contributed by atoms with E-state index in [0.29, 0.717) is 43.1 Å². The molecule has 1 aliphatic rings. The molecule has 3 rings (SSSR count). The highest BCUT2D eigenvalue weighted by Crippen LogP contribution is 2.22. The maximum Gasteiger partial charge on any atom is 0.261 e. The summed E-state index contributed by atoms with van der Waals surface area (Å²) in [5.74, 6) is 0.0487. The summed E-state index contributed by atoms with van der Waals surface area (Å²) < 4.78 is 13.2. The van der Waals surface area contributed by atoms with Crippen molar-refractivity contribution in [3.63, 3.8) is 0 Å². The number of nitrogens with zero attached hydrogens (tertiary/aromatic N) is 2. The molecule has 6 nitrogen and oxygen atoms in total. The first-order valence-electron chi connectivity index (χ1n) is 10.2. The molecular weight excluding hydrogens is 510 g/mol. The molecule has 2 N–H and O–H groups in total. The van der Waals surface area contributed by atoms with Crippen LogP contribution in [0.15, 0.2) is 47.5 Å². The lowest BCUT2D eigenvalue weighted by atomic mass is 10.1. The van der Waals surface area contributed by atoms with E-state index in [1.54, 1.807) is 31.3 Å². The van der Waals surface area contributed by atoms with Gasteiger partial charge in [-0.25, -0.2) is 4.39 Å². The van der Waals surface area contributed by atoms with Crippen molar-refractivity contribution in [2.45, 2.75) is 26.2 Å². The number of fused-ring (bicyclic) bond motifs is 1. The van der Waals surface area contributed by atoms with Crippen molar-refractivity contribution >= 4 is 41.8 Å². The first-order valence-corrected chi connectivity index (χ1v) is 10.2. The number of hydrogen-bond donors (Lipinski definition) is 2. The molecule has 0 aromatic heterocycles. The molecule has 0 saturated carbocycles. The Labute approximate surface area is 199 Å². The van der Waals surface area contributed by atoms with Crippen molar-refractivity contribution in [1.29, 1.82) is 0 Å². The summed E-state index contributed by atoms with van der Waals surface area (Å²) >= 11 is 0. The molecule has 0 fully saturated rings. The van der Waals surface area contributed by atoms with Gasteiger partial charge in [-0.1, -0.05) is 18.2 Å². The molecule has 0 aliphatic carbocycles. The number of aliphatic imine (C=N–C) groups is 1. The lowest BCUT2D eigenvalue weighted by molar-refractivity contribution is 0.0652. The molecule has 0 atom stereocenters. The number of nitrogens with one attached hydrogen (secondary N) is 2. The summed E-state index contributed by atoms with van der Waals surface area (Å²) in [5, 5.41) is 6.48. The van der Waals surface area contributed by atoms with Crippen LogP contribution >= 0.6 is 24.0 Å². The van der Waals surface area contributed by atoms with Gasteiger partial charge >= 0.3 is 0 Å². The molecule has 0 radical (unpaired) electrons. The Balaban J connectivity index is 0.00000341. The average molecular weight is 538 g/mol. The number of unbranched alkanes of at least 4 members (excludes halogenated alkanes) is 1. The Morgan fingerprint density at radius 1 is 1.00 bits per heavy atom. The van der Waals surface area contributed by atoms with Crippen molar-refractivity contribution in [3.05, 3.63) is 70.5 Å². The van der Waals surface area contributed by atoms with E-state index in [-0.39, 0.29) is 41.6 Å². The van der Waals surface area contributed by atoms with E-state index in [9.17, 15) is 14.0 Å². The minimum Gasteiger partial charge on any atom is -0.356 e. The van der Waals surface area contributed by atoms with Crippen molar-refractivity contribution in [1.82, 2.24) is 15.5 Å². The fourth-order valence-corrected chi connectivity index (χ4v) is 3.52. The van der Waals surface area contributed by atoms with E-state index in [1.165, 1.54) is 17.0 Å². The van der Waals surface area contributed by atoms with Crippen LogP contribution in [-0.2, 0) is 6.42 Å². The molecule has 1 aliphatic heterocycles. The number of carbonyl (C=O) groups excluding carboxylic acids is 2. The number of aryl methyl sites for hydroxylation is 1. The van der Waals surface area contributed by atoms with Crippen molar-refractivity contribution in [3.8, 4) is 0 Å². The predicted molar refractivity (Wildman–Crippen MR) is 131 cm³/mol. The molecule has 1 heterocycles. The van der Waals surface area contributed by atoms with E-state index in [4.69, 9.17) is 0 Å². The zero-order valence-electron chi connectivity index (χ0n) is 17.8. The molecule has 0 spiro atoms. The molecule has 0 saturated heterocycles. The summed E-state index contributed by atoms with van der Waals surface area (Å²) in [5.41, 5.74) is 3.01. The van der Waals surface area contributed by atoms with Gasteiger partial charge in [-0.15, -0.1) is 24.0 Å². The van der Waals surface area contributed by atoms with E-state index in [1.807, 2.05) is 13.0 Å².